The highest BCUT2D eigenvalue weighted by Crippen LogP contribution is 2.37. The highest BCUT2D eigenvalue weighted by atomic mass is 79.9. The Morgan fingerprint density at radius 1 is 1.44 bits per heavy atom. The Labute approximate surface area is 113 Å². The van der Waals surface area contributed by atoms with Gasteiger partial charge in [0.1, 0.15) is 5.75 Å². The highest BCUT2D eigenvalue weighted by Gasteiger charge is 2.28. The summed E-state index contributed by atoms with van der Waals surface area (Å²) in [5.41, 5.74) is 1.03. The van der Waals surface area contributed by atoms with E-state index in [4.69, 9.17) is 4.74 Å². The van der Waals surface area contributed by atoms with E-state index >= 15 is 0 Å². The van der Waals surface area contributed by atoms with E-state index in [1.807, 2.05) is 18.2 Å². The van der Waals surface area contributed by atoms with Crippen molar-refractivity contribution in [1.82, 2.24) is 20.2 Å². The molecule has 1 aliphatic rings. The second-order valence-electron chi connectivity index (χ2n) is 4.41. The van der Waals surface area contributed by atoms with Crippen LogP contribution in [0, 0.1) is 0 Å². The van der Waals surface area contributed by atoms with Gasteiger partial charge in [0.15, 0.2) is 5.82 Å². The number of rotatable bonds is 4. The van der Waals surface area contributed by atoms with Crippen LogP contribution in [0.3, 0.4) is 0 Å². The van der Waals surface area contributed by atoms with Crippen LogP contribution in [-0.2, 0) is 6.54 Å². The van der Waals surface area contributed by atoms with Gasteiger partial charge in [-0.25, -0.2) is 0 Å². The summed E-state index contributed by atoms with van der Waals surface area (Å²) in [5.74, 6) is 2.23. The first kappa shape index (κ1) is 11.6. The molecule has 1 aromatic carbocycles. The second kappa shape index (κ2) is 4.68. The van der Waals surface area contributed by atoms with Gasteiger partial charge < -0.3 is 4.74 Å². The van der Waals surface area contributed by atoms with Crippen LogP contribution < -0.4 is 4.74 Å². The van der Waals surface area contributed by atoms with E-state index in [1.54, 1.807) is 11.9 Å². The van der Waals surface area contributed by atoms with Crippen molar-refractivity contribution in [2.75, 3.05) is 7.11 Å². The molecule has 1 fully saturated rings. The molecule has 0 atom stereocenters. The van der Waals surface area contributed by atoms with Crippen molar-refractivity contribution >= 4 is 15.9 Å². The van der Waals surface area contributed by atoms with Crippen LogP contribution in [-0.4, -0.2) is 27.3 Å². The molecule has 3 rings (SSSR count). The van der Waals surface area contributed by atoms with Crippen molar-refractivity contribution in [3.8, 4) is 5.75 Å². The Kier molecular flexibility index (Phi) is 3.03. The van der Waals surface area contributed by atoms with Gasteiger partial charge in [-0.3, -0.25) is 0 Å². The number of methoxy groups -OCH3 is 1. The molecule has 0 unspecified atom stereocenters. The third kappa shape index (κ3) is 2.38. The monoisotopic (exact) mass is 308 g/mol. The molecule has 2 aromatic rings. The zero-order chi connectivity index (χ0) is 12.5. The Morgan fingerprint density at radius 2 is 2.28 bits per heavy atom. The van der Waals surface area contributed by atoms with Gasteiger partial charge >= 0.3 is 0 Å². The standard InChI is InChI=1S/C12H13BrN4O/c1-18-11-5-4-10(13)6-9(11)7-17-15-12(14-16-17)8-2-3-8/h4-6,8H,2-3,7H2,1H3. The van der Waals surface area contributed by atoms with Gasteiger partial charge in [0.05, 0.1) is 13.7 Å². The molecule has 1 heterocycles. The summed E-state index contributed by atoms with van der Waals surface area (Å²) < 4.78 is 6.34. The van der Waals surface area contributed by atoms with Gasteiger partial charge in [0.2, 0.25) is 0 Å². The maximum Gasteiger partial charge on any atom is 0.177 e. The van der Waals surface area contributed by atoms with Crippen molar-refractivity contribution in [2.24, 2.45) is 0 Å². The fourth-order valence-electron chi connectivity index (χ4n) is 1.85. The largest absolute Gasteiger partial charge is 0.496 e. The van der Waals surface area contributed by atoms with Crippen molar-refractivity contribution in [3.63, 3.8) is 0 Å². The minimum Gasteiger partial charge on any atom is -0.496 e. The summed E-state index contributed by atoms with van der Waals surface area (Å²) in [4.78, 5) is 1.62. The summed E-state index contributed by atoms with van der Waals surface area (Å²) in [7, 11) is 1.66. The number of aromatic nitrogens is 4. The van der Waals surface area contributed by atoms with Gasteiger partial charge in [0, 0.05) is 16.0 Å². The molecule has 18 heavy (non-hydrogen) atoms. The van der Waals surface area contributed by atoms with E-state index in [2.05, 4.69) is 31.3 Å². The summed E-state index contributed by atoms with van der Waals surface area (Å²) in [6.45, 7) is 0.572. The first-order valence-electron chi connectivity index (χ1n) is 5.86. The molecule has 1 saturated carbocycles. The molecule has 5 nitrogen and oxygen atoms in total. The maximum atomic E-state index is 5.33. The topological polar surface area (TPSA) is 52.8 Å². The number of hydrogen-bond donors (Lipinski definition) is 0. The van der Waals surface area contributed by atoms with E-state index in [0.29, 0.717) is 12.5 Å². The van der Waals surface area contributed by atoms with Crippen LogP contribution in [0.4, 0.5) is 0 Å². The van der Waals surface area contributed by atoms with E-state index in [0.717, 1.165) is 21.6 Å². The number of ether oxygens (including phenoxy) is 1. The Balaban J connectivity index is 1.83. The van der Waals surface area contributed by atoms with Crippen molar-refractivity contribution < 1.29 is 4.74 Å². The van der Waals surface area contributed by atoms with E-state index in [9.17, 15) is 0 Å². The van der Waals surface area contributed by atoms with Crippen LogP contribution in [0.1, 0.15) is 30.1 Å². The average Bonchev–Trinajstić information content (AvgIpc) is 3.11. The molecule has 94 valence electrons. The average molecular weight is 309 g/mol. The predicted molar refractivity (Wildman–Crippen MR) is 69.6 cm³/mol. The number of halogens is 1. The van der Waals surface area contributed by atoms with E-state index in [-0.39, 0.29) is 0 Å². The van der Waals surface area contributed by atoms with Gasteiger partial charge in [0.25, 0.3) is 0 Å². The molecular formula is C12H13BrN4O. The maximum absolute atomic E-state index is 5.33. The van der Waals surface area contributed by atoms with Crippen LogP contribution >= 0.6 is 15.9 Å². The van der Waals surface area contributed by atoms with Crippen molar-refractivity contribution in [3.05, 3.63) is 34.1 Å². The summed E-state index contributed by atoms with van der Waals surface area (Å²) in [5, 5.41) is 12.6. The fraction of sp³-hybridized carbons (Fsp3) is 0.417. The molecule has 0 aliphatic heterocycles. The van der Waals surface area contributed by atoms with Crippen molar-refractivity contribution in [2.45, 2.75) is 25.3 Å². The lowest BCUT2D eigenvalue weighted by Gasteiger charge is -2.07. The molecular weight excluding hydrogens is 296 g/mol. The molecule has 0 N–H and O–H groups in total. The third-order valence-corrected chi connectivity index (χ3v) is 3.46. The van der Waals surface area contributed by atoms with Crippen LogP contribution in [0.5, 0.6) is 5.75 Å². The second-order valence-corrected chi connectivity index (χ2v) is 5.32. The lowest BCUT2D eigenvalue weighted by molar-refractivity contribution is 0.405. The minimum atomic E-state index is 0.531. The first-order chi connectivity index (χ1) is 8.76. The van der Waals surface area contributed by atoms with Crippen LogP contribution in [0.15, 0.2) is 22.7 Å². The minimum absolute atomic E-state index is 0.531. The Hall–Kier alpha value is -1.43. The molecule has 0 saturated heterocycles. The Bertz CT molecular complexity index is 565. The zero-order valence-electron chi connectivity index (χ0n) is 10.0. The number of hydrogen-bond acceptors (Lipinski definition) is 4. The fourth-order valence-corrected chi connectivity index (χ4v) is 2.26. The molecule has 0 spiro atoms. The quantitative estimate of drug-likeness (QED) is 0.870. The molecule has 1 aliphatic carbocycles. The molecule has 0 bridgehead atoms. The van der Waals surface area contributed by atoms with E-state index in [1.165, 1.54) is 12.8 Å². The third-order valence-electron chi connectivity index (χ3n) is 2.97. The lowest BCUT2D eigenvalue weighted by Crippen LogP contribution is -2.06. The van der Waals surface area contributed by atoms with Gasteiger partial charge in [-0.2, -0.15) is 4.80 Å². The number of tetrazole rings is 1. The molecule has 0 radical (unpaired) electrons. The molecule has 1 aromatic heterocycles. The summed E-state index contributed by atoms with van der Waals surface area (Å²) >= 11 is 3.46. The smallest absolute Gasteiger partial charge is 0.177 e. The predicted octanol–water partition coefficient (Wildman–Crippen LogP) is 2.37. The zero-order valence-corrected chi connectivity index (χ0v) is 11.6. The van der Waals surface area contributed by atoms with Gasteiger partial charge in [-0.1, -0.05) is 15.9 Å². The normalized spacial score (nSPS) is 14.8. The lowest BCUT2D eigenvalue weighted by atomic mass is 10.2. The first-order valence-corrected chi connectivity index (χ1v) is 6.65. The van der Waals surface area contributed by atoms with Gasteiger partial charge in [-0.15, -0.1) is 10.2 Å². The molecule has 6 heteroatoms. The highest BCUT2D eigenvalue weighted by molar-refractivity contribution is 9.10. The SMILES string of the molecule is COc1ccc(Br)cc1Cn1nnc(C2CC2)n1. The molecule has 0 amide bonds. The van der Waals surface area contributed by atoms with E-state index < -0.39 is 0 Å². The van der Waals surface area contributed by atoms with Crippen LogP contribution in [0.25, 0.3) is 0 Å². The van der Waals surface area contributed by atoms with Crippen molar-refractivity contribution in [1.29, 1.82) is 0 Å². The summed E-state index contributed by atoms with van der Waals surface area (Å²) in [6.07, 6.45) is 2.37. The Morgan fingerprint density at radius 3 is 3.00 bits per heavy atom. The van der Waals surface area contributed by atoms with Gasteiger partial charge in [-0.05, 0) is 36.3 Å². The number of benzene rings is 1. The summed E-state index contributed by atoms with van der Waals surface area (Å²) in [6, 6.07) is 5.89. The van der Waals surface area contributed by atoms with Crippen LogP contribution in [0.2, 0.25) is 0 Å². The number of nitrogens with zero attached hydrogens (tertiary/aromatic N) is 4.